The molecule has 0 unspecified atom stereocenters. The number of nitroso groups, excluding NO2 is 1. The molecule has 0 spiro atoms. The molecule has 6 aliphatic rings. The van der Waals surface area contributed by atoms with Gasteiger partial charge in [-0.1, -0.05) is 30.0 Å². The molecule has 0 radical (unpaired) electrons. The van der Waals surface area contributed by atoms with Crippen molar-refractivity contribution < 1.29 is 79.2 Å². The highest BCUT2D eigenvalue weighted by atomic mass is 16.4. The molecule has 10 rings (SSSR count). The maximum Gasteiger partial charge on any atom is 0.256 e. The van der Waals surface area contributed by atoms with Crippen molar-refractivity contribution in [2.75, 3.05) is 61.2 Å². The topological polar surface area (TPSA) is 375 Å². The third kappa shape index (κ3) is 9.56. The Hall–Kier alpha value is -9.31. The fraction of sp³-hybridized carbons (Fsp3) is 0.328. The Bertz CT molecular complexity index is 3810. The number of hydrogen-bond acceptors (Lipinski definition) is 19. The Kier molecular flexibility index (Phi) is 15.4. The normalized spacial score (nSPS) is 25.1. The first-order chi connectivity index (χ1) is 39.5. The number of nitrogens with zero attached hydrogens (tertiary/aromatic N) is 4. The highest BCUT2D eigenvalue weighted by Crippen LogP contribution is 2.55. The summed E-state index contributed by atoms with van der Waals surface area (Å²) < 4.78 is 0.703. The zero-order valence-corrected chi connectivity index (χ0v) is 46.7. The predicted molar refractivity (Wildman–Crippen MR) is 303 cm³/mol. The lowest BCUT2D eigenvalue weighted by Crippen LogP contribution is -2.65. The van der Waals surface area contributed by atoms with Crippen LogP contribution in [0.5, 0.6) is 11.5 Å². The Balaban J connectivity index is 0.000000204. The molecule has 436 valence electrons. The predicted octanol–water partition coefficient (Wildman–Crippen LogP) is 2.54. The summed E-state index contributed by atoms with van der Waals surface area (Å²) in [6.07, 6.45) is 0.249. The number of nitrogens with one attached hydrogen (secondary N) is 1. The van der Waals surface area contributed by atoms with Crippen molar-refractivity contribution in [2.24, 2.45) is 35.1 Å². The van der Waals surface area contributed by atoms with Gasteiger partial charge in [-0.05, 0) is 145 Å². The molecule has 84 heavy (non-hydrogen) atoms. The quantitative estimate of drug-likeness (QED) is 0.0651. The number of Topliss-reactive ketones (excluding diaryl/α,β-unsaturated/α-hetero) is 4. The number of aliphatic hydroxyl groups excluding tert-OH is 4. The van der Waals surface area contributed by atoms with E-state index in [9.17, 15) is 79.3 Å². The summed E-state index contributed by atoms with van der Waals surface area (Å²) in [5.41, 5.74) is 7.49. The van der Waals surface area contributed by atoms with E-state index in [0.717, 1.165) is 0 Å². The van der Waals surface area contributed by atoms with Crippen LogP contribution in [0, 0.1) is 40.4 Å². The number of phenols is 2. The van der Waals surface area contributed by atoms with Crippen LogP contribution in [-0.2, 0) is 46.4 Å². The number of hydrogen-bond donors (Lipinski definition) is 11. The second-order valence-electron chi connectivity index (χ2n) is 22.6. The van der Waals surface area contributed by atoms with Crippen molar-refractivity contribution in [3.63, 3.8) is 0 Å². The molecule has 2 fully saturated rings. The van der Waals surface area contributed by atoms with E-state index in [0.29, 0.717) is 49.5 Å². The van der Waals surface area contributed by atoms with E-state index < -0.39 is 116 Å². The average molecular weight is 1150 g/mol. The molecule has 0 bridgehead atoms. The fourth-order valence-electron chi connectivity index (χ4n) is 13.0. The number of aliphatic hydroxyl groups is 6. The molecule has 0 heterocycles. The molecule has 8 atom stereocenters. The van der Waals surface area contributed by atoms with E-state index in [-0.39, 0.29) is 71.9 Å². The summed E-state index contributed by atoms with van der Waals surface area (Å²) in [4.78, 5) is 107. The van der Waals surface area contributed by atoms with E-state index in [1.54, 1.807) is 108 Å². The van der Waals surface area contributed by atoms with Crippen LogP contribution in [-0.4, -0.2) is 180 Å². The number of aromatic hydroxyl groups is 2. The van der Waals surface area contributed by atoms with Gasteiger partial charge in [0.1, 0.15) is 45.7 Å². The Labute approximate surface area is 480 Å². The van der Waals surface area contributed by atoms with Gasteiger partial charge in [0.2, 0.25) is 17.5 Å². The zero-order valence-electron chi connectivity index (χ0n) is 46.7. The first kappa shape index (κ1) is 59.3. The van der Waals surface area contributed by atoms with Crippen LogP contribution < -0.4 is 16.8 Å². The van der Waals surface area contributed by atoms with Crippen molar-refractivity contribution in [1.82, 2.24) is 14.7 Å². The van der Waals surface area contributed by atoms with Gasteiger partial charge in [-0.3, -0.25) is 43.4 Å². The number of carbonyl (C=O) groups excluding carboxylic acids is 7. The van der Waals surface area contributed by atoms with Crippen LogP contribution in [0.15, 0.2) is 107 Å². The molecular weight excluding hydrogens is 1090 g/mol. The van der Waals surface area contributed by atoms with Crippen LogP contribution in [0.4, 0.5) is 11.4 Å². The van der Waals surface area contributed by atoms with Crippen molar-refractivity contribution in [3.8, 4) is 34.5 Å². The van der Waals surface area contributed by atoms with E-state index >= 15 is 0 Å². The van der Waals surface area contributed by atoms with Crippen LogP contribution in [0.1, 0.15) is 46.2 Å². The lowest BCUT2D eigenvalue weighted by Gasteiger charge is -2.50. The van der Waals surface area contributed by atoms with Gasteiger partial charge in [0.05, 0.1) is 29.8 Å². The smallest absolute Gasteiger partial charge is 0.256 e. The summed E-state index contributed by atoms with van der Waals surface area (Å²) >= 11 is 0. The summed E-state index contributed by atoms with van der Waals surface area (Å²) in [6, 6.07) is 17.3. The molecule has 0 aliphatic heterocycles. The fourth-order valence-corrected chi connectivity index (χ4v) is 13.0. The van der Waals surface area contributed by atoms with Crippen molar-refractivity contribution in [3.05, 3.63) is 145 Å². The van der Waals surface area contributed by atoms with E-state index in [4.69, 9.17) is 11.5 Å². The van der Waals surface area contributed by atoms with Gasteiger partial charge in [-0.15, -0.1) is 0 Å². The van der Waals surface area contributed by atoms with Gasteiger partial charge in [0.25, 0.3) is 17.5 Å². The molecule has 6 aliphatic carbocycles. The van der Waals surface area contributed by atoms with Gasteiger partial charge < -0.3 is 62.5 Å². The van der Waals surface area contributed by atoms with E-state index in [1.807, 2.05) is 0 Å². The first-order valence-corrected chi connectivity index (χ1v) is 26.5. The number of anilines is 1. The van der Waals surface area contributed by atoms with Gasteiger partial charge in [-0.2, -0.15) is 0 Å². The number of likely N-dealkylation sites (N-methyl/N-ethyl adjacent to an activating group) is 3. The standard InChI is InChI=1S/C33H34N4O8.C28H27N3O8/c1-36(2)15-23(39)35-19-10-6-16(7-11-19)5-8-17-9-12-22(38)25-20(17)13-18-14-21-27(37(3)4)29(41)26(32(34)44)31(43)33(21,45)30(42)24(18)28(25)40;1-30(2)22-17-11-13-10-16-15(12-5-4-6-14(9-12)31(3)39)7-8-18(32)20(16)23(33)19(13)25(35)28(17,38)26(36)21(24(22)34)27(29)37/h6-7,9-12,18,21,27,38,40,43,45H,13-15H2,1-4H3,(H2,34,44)(H,35,39);4-9,13,17,22,38H,10-11H2,1-3H3,(H4-,29,32,33,34,35,36,37)/p+1/t18-,21-,27-,33-;13-,17-,22-,28-/m00/s1. The number of carbonyl (C=O) groups is 7. The van der Waals surface area contributed by atoms with Gasteiger partial charge in [0.15, 0.2) is 29.8 Å². The zero-order chi connectivity index (χ0) is 61.5. The third-order valence-electron chi connectivity index (χ3n) is 16.7. The number of phenolic OH excluding ortho intramolecular Hbond substituents is 2. The number of primary amides is 2. The molecule has 13 N–H and O–H groups in total. The molecule has 0 aromatic heterocycles. The van der Waals surface area contributed by atoms with Crippen LogP contribution >= 0.6 is 0 Å². The lowest BCUT2D eigenvalue weighted by atomic mass is 9.57. The molecule has 3 amide bonds. The van der Waals surface area contributed by atoms with Crippen molar-refractivity contribution in [1.29, 1.82) is 0 Å². The Morgan fingerprint density at radius 3 is 1.60 bits per heavy atom. The maximum atomic E-state index is 14.0. The molecule has 4 aromatic carbocycles. The Morgan fingerprint density at radius 2 is 1.13 bits per heavy atom. The summed E-state index contributed by atoms with van der Waals surface area (Å²) in [5.74, 6) is -8.14. The monoisotopic (exact) mass is 1150 g/mol. The van der Waals surface area contributed by atoms with Crippen molar-refractivity contribution in [2.45, 2.75) is 49.0 Å². The van der Waals surface area contributed by atoms with E-state index in [1.165, 1.54) is 29.0 Å². The molecule has 4 aromatic rings. The molecule has 23 nitrogen and oxygen atoms in total. The molecular formula is C61H62N7O16+. The second-order valence-corrected chi connectivity index (χ2v) is 22.6. The minimum Gasteiger partial charge on any atom is -0.508 e. The second kappa shape index (κ2) is 21.8. The highest BCUT2D eigenvalue weighted by molar-refractivity contribution is 6.25. The number of ketones is 4. The maximum absolute atomic E-state index is 14.0. The number of rotatable bonds is 9. The Morgan fingerprint density at radius 1 is 0.655 bits per heavy atom. The first-order valence-electron chi connectivity index (χ1n) is 26.5. The number of nitrogens with two attached hydrogens (primary N) is 2. The number of amides is 3. The van der Waals surface area contributed by atoms with Crippen molar-refractivity contribution >= 4 is 63.7 Å². The number of benzene rings is 4. The average Bonchev–Trinajstić information content (AvgIpc) is 0.979. The minimum atomic E-state index is -2.70. The third-order valence-corrected chi connectivity index (χ3v) is 16.7. The number of fused-ring (bicyclic) bond motifs is 6. The highest BCUT2D eigenvalue weighted by Gasteiger charge is 2.66. The SMILES string of the molecule is CN(C)CC(=O)Nc1ccc(C#Cc2ccc(O)c3c2C[C@H]2C[C@H]4[C@H](N(C)C)C(=O)C(C(N)=O)=C(O)[C@@]4(O)C(=O)C2=C3O)cc1.CN(C)[C@@H]1C(=O)C(C(N)=O)=C(O)[C@@]2(O)C(=O)C3=C(O)c4c(O)ccc(-c5cccc([N+](C)=O)c5)c4C[C@H]3C[C@@H]12. The summed E-state index contributed by atoms with van der Waals surface area (Å²) in [6.45, 7) is 0.238. The molecule has 2 saturated carbocycles. The van der Waals surface area contributed by atoms with Gasteiger partial charge >= 0.3 is 0 Å². The van der Waals surface area contributed by atoms with Crippen LogP contribution in [0.25, 0.3) is 22.6 Å². The molecule has 0 saturated heterocycles. The largest absolute Gasteiger partial charge is 0.508 e. The summed E-state index contributed by atoms with van der Waals surface area (Å²) in [5, 5.41) is 92.4. The van der Waals surface area contributed by atoms with Gasteiger partial charge in [0, 0.05) is 61.6 Å². The summed E-state index contributed by atoms with van der Waals surface area (Å²) in [7, 11) is 11.1. The van der Waals surface area contributed by atoms with E-state index in [2.05, 4.69) is 17.2 Å². The molecule has 23 heteroatoms. The van der Waals surface area contributed by atoms with Crippen LogP contribution in [0.3, 0.4) is 0 Å². The van der Waals surface area contributed by atoms with Crippen LogP contribution in [0.2, 0.25) is 0 Å². The minimum absolute atomic E-state index is 0.00956. The van der Waals surface area contributed by atoms with Gasteiger partial charge in [-0.25, -0.2) is 0 Å². The lowest BCUT2D eigenvalue weighted by molar-refractivity contribution is -0.428.